The van der Waals surface area contributed by atoms with Crippen molar-refractivity contribution < 1.29 is 23.7 Å². The second kappa shape index (κ2) is 8.78. The van der Waals surface area contributed by atoms with Crippen LogP contribution in [0.3, 0.4) is 0 Å². The zero-order chi connectivity index (χ0) is 20.9. The van der Waals surface area contributed by atoms with Crippen LogP contribution in [0.15, 0.2) is 66.7 Å². The molecule has 0 aliphatic carbocycles. The topological polar surface area (TPSA) is 66.0 Å². The summed E-state index contributed by atoms with van der Waals surface area (Å²) in [5.41, 5.74) is 2.35. The van der Waals surface area contributed by atoms with Crippen LogP contribution in [0.2, 0.25) is 0 Å². The average molecular weight is 405 g/mol. The first-order chi connectivity index (χ1) is 14.7. The van der Waals surface area contributed by atoms with E-state index in [2.05, 4.69) is 5.32 Å². The number of amides is 1. The van der Waals surface area contributed by atoms with E-state index in [1.54, 1.807) is 26.4 Å². The predicted octanol–water partition coefficient (Wildman–Crippen LogP) is 3.99. The molecule has 0 bridgehead atoms. The van der Waals surface area contributed by atoms with E-state index in [4.69, 9.17) is 18.9 Å². The van der Waals surface area contributed by atoms with E-state index in [-0.39, 0.29) is 11.9 Å². The minimum Gasteiger partial charge on any atom is -0.497 e. The van der Waals surface area contributed by atoms with Crippen molar-refractivity contribution in [2.24, 2.45) is 0 Å². The summed E-state index contributed by atoms with van der Waals surface area (Å²) in [5.74, 6) is 2.02. The molecule has 3 aromatic rings. The Bertz CT molecular complexity index is 1000. The molecule has 1 aliphatic heterocycles. The van der Waals surface area contributed by atoms with Crippen LogP contribution < -0.4 is 24.3 Å². The highest BCUT2D eigenvalue weighted by Crippen LogP contribution is 2.40. The molecule has 4 rings (SSSR count). The molecule has 1 amide bonds. The summed E-state index contributed by atoms with van der Waals surface area (Å²) >= 11 is 0. The van der Waals surface area contributed by atoms with Crippen LogP contribution in [0.4, 0.5) is 0 Å². The highest BCUT2D eigenvalue weighted by atomic mass is 16.6. The Kier molecular flexibility index (Phi) is 5.75. The highest BCUT2D eigenvalue weighted by molar-refractivity contribution is 5.96. The molecule has 0 saturated heterocycles. The third kappa shape index (κ3) is 4.03. The molecule has 0 saturated carbocycles. The molecule has 1 unspecified atom stereocenters. The molecule has 6 heteroatoms. The number of fused-ring (bicyclic) bond motifs is 1. The zero-order valence-electron chi connectivity index (χ0n) is 16.9. The smallest absolute Gasteiger partial charge is 0.252 e. The van der Waals surface area contributed by atoms with Gasteiger partial charge in [0.2, 0.25) is 5.75 Å². The molecule has 1 heterocycles. The number of hydrogen-bond donors (Lipinski definition) is 1. The predicted molar refractivity (Wildman–Crippen MR) is 113 cm³/mol. The van der Waals surface area contributed by atoms with Crippen molar-refractivity contribution in [1.82, 2.24) is 5.32 Å². The standard InChI is InChI=1S/C24H23NO5/c1-27-19-10-8-17(9-11-19)22(16-6-4-3-5-7-16)25-24(26)18-14-20(28-2)23-21(15-18)29-12-13-30-23/h3-11,14-15,22H,12-13H2,1-2H3,(H,25,26). The summed E-state index contributed by atoms with van der Waals surface area (Å²) in [7, 11) is 3.17. The van der Waals surface area contributed by atoms with Gasteiger partial charge >= 0.3 is 0 Å². The molecule has 1 atom stereocenters. The van der Waals surface area contributed by atoms with E-state index in [1.807, 2.05) is 54.6 Å². The first-order valence-electron chi connectivity index (χ1n) is 9.67. The summed E-state index contributed by atoms with van der Waals surface area (Å²) in [6.07, 6.45) is 0. The Labute approximate surface area is 175 Å². The molecule has 3 aromatic carbocycles. The second-order valence-electron chi connectivity index (χ2n) is 6.79. The Morgan fingerprint density at radius 3 is 2.30 bits per heavy atom. The molecular formula is C24H23NO5. The van der Waals surface area contributed by atoms with Crippen molar-refractivity contribution in [3.05, 3.63) is 83.4 Å². The van der Waals surface area contributed by atoms with Crippen LogP contribution in [0.25, 0.3) is 0 Å². The Morgan fingerprint density at radius 2 is 1.60 bits per heavy atom. The third-order valence-corrected chi connectivity index (χ3v) is 4.95. The number of carbonyl (C=O) groups is 1. The SMILES string of the molecule is COc1ccc(C(NC(=O)c2cc(OC)c3c(c2)OCCO3)c2ccccc2)cc1. The number of hydrogen-bond acceptors (Lipinski definition) is 5. The number of nitrogens with one attached hydrogen (secondary N) is 1. The van der Waals surface area contributed by atoms with Crippen molar-refractivity contribution in [3.63, 3.8) is 0 Å². The fourth-order valence-electron chi connectivity index (χ4n) is 3.42. The van der Waals surface area contributed by atoms with E-state index < -0.39 is 0 Å². The van der Waals surface area contributed by atoms with Gasteiger partial charge in [-0.25, -0.2) is 0 Å². The van der Waals surface area contributed by atoms with E-state index in [1.165, 1.54) is 0 Å². The summed E-state index contributed by atoms with van der Waals surface area (Å²) in [4.78, 5) is 13.2. The van der Waals surface area contributed by atoms with Crippen LogP contribution in [0.5, 0.6) is 23.0 Å². The lowest BCUT2D eigenvalue weighted by Gasteiger charge is -2.23. The lowest BCUT2D eigenvalue weighted by Crippen LogP contribution is -2.29. The van der Waals surface area contributed by atoms with Gasteiger partial charge in [-0.05, 0) is 35.4 Å². The molecule has 0 aromatic heterocycles. The number of methoxy groups -OCH3 is 2. The Hall–Kier alpha value is -3.67. The van der Waals surface area contributed by atoms with Gasteiger partial charge < -0.3 is 24.3 Å². The quantitative estimate of drug-likeness (QED) is 0.672. The molecule has 1 N–H and O–H groups in total. The minimum absolute atomic E-state index is 0.241. The number of carbonyl (C=O) groups excluding carboxylic acids is 1. The normalized spacial score (nSPS) is 13.3. The van der Waals surface area contributed by atoms with Crippen LogP contribution in [0.1, 0.15) is 27.5 Å². The van der Waals surface area contributed by atoms with Crippen molar-refractivity contribution >= 4 is 5.91 Å². The molecule has 0 spiro atoms. The maximum atomic E-state index is 13.2. The van der Waals surface area contributed by atoms with Gasteiger partial charge in [0.1, 0.15) is 19.0 Å². The molecule has 1 aliphatic rings. The van der Waals surface area contributed by atoms with Crippen LogP contribution in [-0.4, -0.2) is 33.3 Å². The largest absolute Gasteiger partial charge is 0.497 e. The van der Waals surface area contributed by atoms with Gasteiger partial charge in [0, 0.05) is 5.56 Å². The van der Waals surface area contributed by atoms with Gasteiger partial charge in [0.25, 0.3) is 5.91 Å². The molecular weight excluding hydrogens is 382 g/mol. The van der Waals surface area contributed by atoms with Crippen LogP contribution >= 0.6 is 0 Å². The minimum atomic E-state index is -0.330. The molecule has 30 heavy (non-hydrogen) atoms. The van der Waals surface area contributed by atoms with Crippen LogP contribution in [-0.2, 0) is 0 Å². The van der Waals surface area contributed by atoms with Crippen molar-refractivity contribution in [2.45, 2.75) is 6.04 Å². The zero-order valence-corrected chi connectivity index (χ0v) is 16.9. The average Bonchev–Trinajstić information content (AvgIpc) is 2.82. The van der Waals surface area contributed by atoms with E-state index in [9.17, 15) is 4.79 Å². The van der Waals surface area contributed by atoms with Gasteiger partial charge in [0.15, 0.2) is 11.5 Å². The summed E-state index contributed by atoms with van der Waals surface area (Å²) in [6, 6.07) is 20.5. The number of benzene rings is 3. The fraction of sp³-hybridized carbons (Fsp3) is 0.208. The Morgan fingerprint density at radius 1 is 0.900 bits per heavy atom. The van der Waals surface area contributed by atoms with Gasteiger partial charge in [-0.3, -0.25) is 4.79 Å². The Balaban J connectivity index is 1.66. The summed E-state index contributed by atoms with van der Waals surface area (Å²) in [5, 5.41) is 3.13. The van der Waals surface area contributed by atoms with E-state index >= 15 is 0 Å². The first-order valence-corrected chi connectivity index (χ1v) is 9.67. The van der Waals surface area contributed by atoms with Crippen LogP contribution in [0, 0.1) is 0 Å². The molecule has 154 valence electrons. The van der Waals surface area contributed by atoms with Crippen molar-refractivity contribution in [3.8, 4) is 23.0 Å². The second-order valence-corrected chi connectivity index (χ2v) is 6.79. The first kappa shape index (κ1) is 19.6. The van der Waals surface area contributed by atoms with Gasteiger partial charge in [-0.1, -0.05) is 42.5 Å². The van der Waals surface area contributed by atoms with Crippen molar-refractivity contribution in [1.29, 1.82) is 0 Å². The fourth-order valence-corrected chi connectivity index (χ4v) is 3.42. The molecule has 6 nitrogen and oxygen atoms in total. The third-order valence-electron chi connectivity index (χ3n) is 4.95. The monoisotopic (exact) mass is 405 g/mol. The number of ether oxygens (including phenoxy) is 4. The number of rotatable bonds is 6. The molecule has 0 radical (unpaired) electrons. The van der Waals surface area contributed by atoms with E-state index in [0.717, 1.165) is 16.9 Å². The molecule has 0 fully saturated rings. The summed E-state index contributed by atoms with van der Waals surface area (Å²) < 4.78 is 21.9. The summed E-state index contributed by atoms with van der Waals surface area (Å²) in [6.45, 7) is 0.877. The van der Waals surface area contributed by atoms with Gasteiger partial charge in [-0.2, -0.15) is 0 Å². The van der Waals surface area contributed by atoms with E-state index in [0.29, 0.717) is 36.0 Å². The lowest BCUT2D eigenvalue weighted by molar-refractivity contribution is 0.0941. The van der Waals surface area contributed by atoms with Crippen molar-refractivity contribution in [2.75, 3.05) is 27.4 Å². The lowest BCUT2D eigenvalue weighted by atomic mass is 9.98. The maximum absolute atomic E-state index is 13.2. The maximum Gasteiger partial charge on any atom is 0.252 e. The van der Waals surface area contributed by atoms with Gasteiger partial charge in [-0.15, -0.1) is 0 Å². The van der Waals surface area contributed by atoms with Gasteiger partial charge in [0.05, 0.1) is 20.3 Å². The highest BCUT2D eigenvalue weighted by Gasteiger charge is 2.23.